The fraction of sp³-hybridized carbons (Fsp3) is 0.167. The van der Waals surface area contributed by atoms with E-state index in [1.807, 2.05) is 55.5 Å². The minimum Gasteiger partial charge on any atom is -0.480 e. The number of aromatic nitrogens is 3. The molecule has 0 amide bonds. The third kappa shape index (κ3) is 2.99. The zero-order valence-electron chi connectivity index (χ0n) is 12.8. The summed E-state index contributed by atoms with van der Waals surface area (Å²) in [6.07, 6.45) is 2.44. The Bertz CT molecular complexity index is 811. The quantitative estimate of drug-likeness (QED) is 0.785. The summed E-state index contributed by atoms with van der Waals surface area (Å²) in [6, 6.07) is 15.4. The molecule has 0 radical (unpaired) electrons. The van der Waals surface area contributed by atoms with Crippen molar-refractivity contribution in [1.29, 1.82) is 0 Å². The molecule has 0 fully saturated rings. The first-order valence-electron chi connectivity index (χ1n) is 7.49. The molecule has 0 spiro atoms. The van der Waals surface area contributed by atoms with Gasteiger partial charge in [-0.2, -0.15) is 5.10 Å². The van der Waals surface area contributed by atoms with Crippen LogP contribution in [0.15, 0.2) is 54.7 Å². The summed E-state index contributed by atoms with van der Waals surface area (Å²) in [5, 5.41) is 13.7. The third-order valence-electron chi connectivity index (χ3n) is 3.61. The largest absolute Gasteiger partial charge is 0.480 e. The Morgan fingerprint density at radius 2 is 1.87 bits per heavy atom. The molecule has 2 aromatic heterocycles. The molecule has 0 saturated carbocycles. The Morgan fingerprint density at radius 3 is 2.48 bits per heavy atom. The number of hydrogen-bond donors (Lipinski definition) is 1. The van der Waals surface area contributed by atoms with Crippen LogP contribution in [-0.2, 0) is 17.8 Å². The first-order valence-corrected chi connectivity index (χ1v) is 7.49. The minimum atomic E-state index is -0.917. The van der Waals surface area contributed by atoms with Gasteiger partial charge in [-0.05, 0) is 18.6 Å². The van der Waals surface area contributed by atoms with E-state index >= 15 is 0 Å². The van der Waals surface area contributed by atoms with E-state index in [0.29, 0.717) is 6.42 Å². The molecule has 3 aromatic rings. The van der Waals surface area contributed by atoms with Gasteiger partial charge in [-0.15, -0.1) is 0 Å². The number of rotatable bonds is 5. The van der Waals surface area contributed by atoms with E-state index < -0.39 is 5.97 Å². The fourth-order valence-electron chi connectivity index (χ4n) is 2.67. The number of nitrogens with zero attached hydrogens (tertiary/aromatic N) is 3. The Hall–Kier alpha value is -2.95. The van der Waals surface area contributed by atoms with E-state index in [4.69, 9.17) is 0 Å². The number of benzene rings is 1. The van der Waals surface area contributed by atoms with Gasteiger partial charge in [0.1, 0.15) is 6.54 Å². The summed E-state index contributed by atoms with van der Waals surface area (Å²) >= 11 is 0. The van der Waals surface area contributed by atoms with Crippen molar-refractivity contribution in [2.75, 3.05) is 0 Å². The molecule has 1 aromatic carbocycles. The Balaban J connectivity index is 2.28. The van der Waals surface area contributed by atoms with Crippen LogP contribution in [0, 0.1) is 0 Å². The number of carbonyl (C=O) groups is 1. The highest BCUT2D eigenvalue weighted by Crippen LogP contribution is 2.34. The van der Waals surface area contributed by atoms with Gasteiger partial charge in [-0.25, -0.2) is 0 Å². The van der Waals surface area contributed by atoms with E-state index in [1.165, 1.54) is 0 Å². The van der Waals surface area contributed by atoms with Crippen molar-refractivity contribution in [3.63, 3.8) is 0 Å². The van der Waals surface area contributed by atoms with Crippen LogP contribution < -0.4 is 0 Å². The van der Waals surface area contributed by atoms with E-state index in [0.717, 1.165) is 28.2 Å². The summed E-state index contributed by atoms with van der Waals surface area (Å²) in [5.41, 5.74) is 4.29. The van der Waals surface area contributed by atoms with Crippen molar-refractivity contribution in [2.24, 2.45) is 0 Å². The van der Waals surface area contributed by atoms with Crippen molar-refractivity contribution in [2.45, 2.75) is 19.9 Å². The van der Waals surface area contributed by atoms with Gasteiger partial charge >= 0.3 is 5.97 Å². The summed E-state index contributed by atoms with van der Waals surface area (Å²) in [7, 11) is 0. The lowest BCUT2D eigenvalue weighted by atomic mass is 10.0. The molecule has 0 aliphatic heterocycles. The lowest BCUT2D eigenvalue weighted by Crippen LogP contribution is -2.11. The van der Waals surface area contributed by atoms with Gasteiger partial charge in [-0.1, -0.05) is 43.3 Å². The molecule has 0 unspecified atom stereocenters. The number of aliphatic carboxylic acids is 1. The van der Waals surface area contributed by atoms with Crippen LogP contribution in [0.2, 0.25) is 0 Å². The number of pyridine rings is 1. The van der Waals surface area contributed by atoms with Gasteiger partial charge < -0.3 is 5.11 Å². The number of hydrogen-bond acceptors (Lipinski definition) is 3. The van der Waals surface area contributed by atoms with Crippen LogP contribution in [-0.4, -0.2) is 25.8 Å². The van der Waals surface area contributed by atoms with Crippen molar-refractivity contribution >= 4 is 5.97 Å². The average molecular weight is 307 g/mol. The second-order valence-electron chi connectivity index (χ2n) is 5.16. The van der Waals surface area contributed by atoms with E-state index in [-0.39, 0.29) is 6.54 Å². The molecule has 0 aliphatic rings. The summed E-state index contributed by atoms with van der Waals surface area (Å²) < 4.78 is 1.56. The van der Waals surface area contributed by atoms with Gasteiger partial charge in [-0.3, -0.25) is 14.5 Å². The van der Waals surface area contributed by atoms with E-state index in [2.05, 4.69) is 10.1 Å². The molecular formula is C18H17N3O2. The number of carboxylic acids is 1. The number of carboxylic acid groups (broad SMARTS) is 1. The van der Waals surface area contributed by atoms with Gasteiger partial charge in [0, 0.05) is 17.3 Å². The maximum absolute atomic E-state index is 11.2. The van der Waals surface area contributed by atoms with Crippen LogP contribution in [0.5, 0.6) is 0 Å². The van der Waals surface area contributed by atoms with Crippen molar-refractivity contribution in [3.05, 3.63) is 60.4 Å². The lowest BCUT2D eigenvalue weighted by molar-refractivity contribution is -0.137. The van der Waals surface area contributed by atoms with Gasteiger partial charge in [0.25, 0.3) is 0 Å². The van der Waals surface area contributed by atoms with Crippen LogP contribution in [0.25, 0.3) is 22.5 Å². The molecular weight excluding hydrogens is 290 g/mol. The minimum absolute atomic E-state index is 0.177. The molecule has 116 valence electrons. The molecule has 23 heavy (non-hydrogen) atoms. The smallest absolute Gasteiger partial charge is 0.325 e. The highest BCUT2D eigenvalue weighted by molar-refractivity contribution is 5.82. The van der Waals surface area contributed by atoms with Crippen LogP contribution in [0.4, 0.5) is 0 Å². The zero-order chi connectivity index (χ0) is 16.2. The van der Waals surface area contributed by atoms with Gasteiger partial charge in [0.15, 0.2) is 0 Å². The Morgan fingerprint density at radius 1 is 1.13 bits per heavy atom. The SMILES string of the molecule is CCc1nn(CC(=O)O)c(-c2ccccc2)c1-c1ccccn1. The molecule has 1 N–H and O–H groups in total. The second-order valence-corrected chi connectivity index (χ2v) is 5.16. The first-order chi connectivity index (χ1) is 11.2. The fourth-order valence-corrected chi connectivity index (χ4v) is 2.67. The van der Waals surface area contributed by atoms with Crippen molar-refractivity contribution in [1.82, 2.24) is 14.8 Å². The highest BCUT2D eigenvalue weighted by atomic mass is 16.4. The Kier molecular flexibility index (Phi) is 4.19. The predicted octanol–water partition coefficient (Wildman–Crippen LogP) is 3.26. The molecule has 0 saturated heterocycles. The monoisotopic (exact) mass is 307 g/mol. The molecule has 5 heteroatoms. The molecule has 3 rings (SSSR count). The lowest BCUT2D eigenvalue weighted by Gasteiger charge is -2.08. The molecule has 0 bridgehead atoms. The van der Waals surface area contributed by atoms with E-state index in [9.17, 15) is 9.90 Å². The van der Waals surface area contributed by atoms with Crippen LogP contribution in [0.3, 0.4) is 0 Å². The van der Waals surface area contributed by atoms with Gasteiger partial charge in [0.05, 0.1) is 17.1 Å². The maximum Gasteiger partial charge on any atom is 0.325 e. The average Bonchev–Trinajstić information content (AvgIpc) is 2.94. The zero-order valence-corrected chi connectivity index (χ0v) is 12.8. The maximum atomic E-state index is 11.2. The van der Waals surface area contributed by atoms with Crippen molar-refractivity contribution in [3.8, 4) is 22.5 Å². The van der Waals surface area contributed by atoms with Crippen LogP contribution >= 0.6 is 0 Å². The molecule has 2 heterocycles. The standard InChI is InChI=1S/C18H17N3O2/c1-2-14-17(15-10-6-7-11-19-15)18(13-8-4-3-5-9-13)21(20-14)12-16(22)23/h3-11H,2,12H2,1H3,(H,22,23). The highest BCUT2D eigenvalue weighted by Gasteiger charge is 2.21. The van der Waals surface area contributed by atoms with Crippen LogP contribution in [0.1, 0.15) is 12.6 Å². The summed E-state index contributed by atoms with van der Waals surface area (Å²) in [6.45, 7) is 1.83. The molecule has 0 atom stereocenters. The summed E-state index contributed by atoms with van der Waals surface area (Å²) in [4.78, 5) is 15.7. The second kappa shape index (κ2) is 6.44. The van der Waals surface area contributed by atoms with E-state index in [1.54, 1.807) is 10.9 Å². The molecule has 0 aliphatic carbocycles. The summed E-state index contributed by atoms with van der Waals surface area (Å²) in [5.74, 6) is -0.917. The van der Waals surface area contributed by atoms with Gasteiger partial charge in [0.2, 0.25) is 0 Å². The number of aryl methyl sites for hydroxylation is 1. The van der Waals surface area contributed by atoms with Crippen molar-refractivity contribution < 1.29 is 9.90 Å². The molecule has 5 nitrogen and oxygen atoms in total. The third-order valence-corrected chi connectivity index (χ3v) is 3.61. The predicted molar refractivity (Wildman–Crippen MR) is 87.9 cm³/mol. The first kappa shape index (κ1) is 15.0. The topological polar surface area (TPSA) is 68.0 Å². The Labute approximate surface area is 134 Å². The normalized spacial score (nSPS) is 10.7.